The molecule has 0 unspecified atom stereocenters. The Balaban J connectivity index is 1.43. The van der Waals surface area contributed by atoms with Crippen LogP contribution in [0.3, 0.4) is 0 Å². The fourth-order valence-electron chi connectivity index (χ4n) is 3.48. The van der Waals surface area contributed by atoms with Crippen LogP contribution in [0.25, 0.3) is 12.2 Å². The molecule has 162 valence electrons. The molecule has 8 heteroatoms. The molecule has 1 aromatic heterocycles. The van der Waals surface area contributed by atoms with E-state index >= 15 is 0 Å². The van der Waals surface area contributed by atoms with Crippen molar-refractivity contribution in [3.63, 3.8) is 0 Å². The number of ether oxygens (including phenoxy) is 1. The van der Waals surface area contributed by atoms with Crippen LogP contribution in [0.5, 0.6) is 5.75 Å². The molecule has 7 nitrogen and oxygen atoms in total. The summed E-state index contributed by atoms with van der Waals surface area (Å²) in [6.45, 7) is 2.01. The number of amides is 1. The van der Waals surface area contributed by atoms with Crippen molar-refractivity contribution in [1.82, 2.24) is 9.88 Å². The summed E-state index contributed by atoms with van der Waals surface area (Å²) in [5.41, 5.74) is 1.55. The summed E-state index contributed by atoms with van der Waals surface area (Å²) in [7, 11) is 1.57. The molecule has 4 rings (SSSR count). The summed E-state index contributed by atoms with van der Waals surface area (Å²) in [6.07, 6.45) is 3.38. The fourth-order valence-corrected chi connectivity index (χ4v) is 3.48. The van der Waals surface area contributed by atoms with Crippen LogP contribution in [0.15, 0.2) is 52.9 Å². The molecule has 32 heavy (non-hydrogen) atoms. The second-order valence-corrected chi connectivity index (χ2v) is 7.21. The molecular formula is C24H21FN4O3. The monoisotopic (exact) mass is 432 g/mol. The number of halogens is 1. The second kappa shape index (κ2) is 9.35. The topological polar surface area (TPSA) is 82.6 Å². The van der Waals surface area contributed by atoms with Gasteiger partial charge in [-0.05, 0) is 42.0 Å². The number of methoxy groups -OCH3 is 1. The zero-order chi connectivity index (χ0) is 22.5. The van der Waals surface area contributed by atoms with E-state index in [0.717, 1.165) is 5.56 Å². The molecule has 1 saturated heterocycles. The summed E-state index contributed by atoms with van der Waals surface area (Å²) in [5.74, 6) is 0.937. The molecule has 3 aromatic rings. The van der Waals surface area contributed by atoms with Gasteiger partial charge in [-0.3, -0.25) is 4.79 Å². The first kappa shape index (κ1) is 21.1. The Morgan fingerprint density at radius 2 is 1.91 bits per heavy atom. The predicted molar refractivity (Wildman–Crippen MR) is 118 cm³/mol. The number of hydrogen-bond acceptors (Lipinski definition) is 6. The van der Waals surface area contributed by atoms with Gasteiger partial charge in [-0.15, -0.1) is 0 Å². The van der Waals surface area contributed by atoms with Crippen LogP contribution >= 0.6 is 0 Å². The zero-order valence-electron chi connectivity index (χ0n) is 17.5. The number of nitrogens with zero attached hydrogens (tertiary/aromatic N) is 4. The van der Waals surface area contributed by atoms with Crippen molar-refractivity contribution in [2.24, 2.45) is 0 Å². The number of rotatable bonds is 5. The maximum atomic E-state index is 13.0. The van der Waals surface area contributed by atoms with Gasteiger partial charge < -0.3 is 19.0 Å². The third-order valence-corrected chi connectivity index (χ3v) is 5.19. The van der Waals surface area contributed by atoms with Crippen molar-refractivity contribution in [2.75, 3.05) is 38.2 Å². The Bertz CT molecular complexity index is 1170. The lowest BCUT2D eigenvalue weighted by Gasteiger charge is -2.34. The smallest absolute Gasteiger partial charge is 0.254 e. The van der Waals surface area contributed by atoms with Crippen molar-refractivity contribution in [2.45, 2.75) is 0 Å². The number of piperazine rings is 1. The number of nitriles is 1. The molecule has 0 atom stereocenters. The molecule has 1 aliphatic rings. The van der Waals surface area contributed by atoms with Crippen molar-refractivity contribution < 1.29 is 18.3 Å². The molecular weight excluding hydrogens is 411 g/mol. The lowest BCUT2D eigenvalue weighted by molar-refractivity contribution is 0.0745. The maximum absolute atomic E-state index is 13.0. The van der Waals surface area contributed by atoms with E-state index in [0.29, 0.717) is 43.4 Å². The number of anilines is 1. The number of carbonyl (C=O) groups excluding carboxylic acids is 1. The first-order valence-corrected chi connectivity index (χ1v) is 10.1. The van der Waals surface area contributed by atoms with Crippen molar-refractivity contribution in [1.29, 1.82) is 5.26 Å². The van der Waals surface area contributed by atoms with Gasteiger partial charge in [0.1, 0.15) is 17.6 Å². The van der Waals surface area contributed by atoms with Gasteiger partial charge >= 0.3 is 0 Å². The van der Waals surface area contributed by atoms with E-state index in [-0.39, 0.29) is 23.3 Å². The van der Waals surface area contributed by atoms with Crippen LogP contribution < -0.4 is 9.64 Å². The molecule has 1 fully saturated rings. The Morgan fingerprint density at radius 3 is 2.59 bits per heavy atom. The molecule has 0 spiro atoms. The van der Waals surface area contributed by atoms with E-state index in [1.807, 2.05) is 4.90 Å². The van der Waals surface area contributed by atoms with E-state index in [9.17, 15) is 14.4 Å². The van der Waals surface area contributed by atoms with Crippen molar-refractivity contribution in [3.05, 3.63) is 77.1 Å². The quantitative estimate of drug-likeness (QED) is 0.610. The van der Waals surface area contributed by atoms with Crippen molar-refractivity contribution >= 4 is 23.9 Å². The minimum atomic E-state index is -0.309. The second-order valence-electron chi connectivity index (χ2n) is 7.21. The molecule has 2 heterocycles. The van der Waals surface area contributed by atoms with Gasteiger partial charge in [-0.25, -0.2) is 4.39 Å². The summed E-state index contributed by atoms with van der Waals surface area (Å²) in [6, 6.07) is 15.2. The predicted octanol–water partition coefficient (Wildman–Crippen LogP) is 3.83. The third-order valence-electron chi connectivity index (χ3n) is 5.19. The SMILES string of the molecule is COc1cccc(C(=O)N2CCN(c3oc(/C=C/c4ccc(F)cc4)nc3C#N)CC2)c1. The highest BCUT2D eigenvalue weighted by Gasteiger charge is 2.26. The Morgan fingerprint density at radius 1 is 1.16 bits per heavy atom. The van der Waals surface area contributed by atoms with Crippen LogP contribution in [0.1, 0.15) is 27.5 Å². The van der Waals surface area contributed by atoms with E-state index < -0.39 is 0 Å². The molecule has 0 radical (unpaired) electrons. The Labute approximate surface area is 185 Å². The van der Waals surface area contributed by atoms with E-state index in [2.05, 4.69) is 11.1 Å². The van der Waals surface area contributed by atoms with Gasteiger partial charge in [-0.2, -0.15) is 10.2 Å². The number of hydrogen-bond donors (Lipinski definition) is 0. The minimum Gasteiger partial charge on any atom is -0.497 e. The lowest BCUT2D eigenvalue weighted by Crippen LogP contribution is -2.48. The van der Waals surface area contributed by atoms with Gasteiger partial charge in [0.25, 0.3) is 5.91 Å². The maximum Gasteiger partial charge on any atom is 0.254 e. The summed E-state index contributed by atoms with van der Waals surface area (Å²) in [4.78, 5) is 20.7. The highest BCUT2D eigenvalue weighted by atomic mass is 19.1. The highest BCUT2D eigenvalue weighted by Crippen LogP contribution is 2.25. The van der Waals surface area contributed by atoms with E-state index in [4.69, 9.17) is 9.15 Å². The molecule has 0 saturated carbocycles. The van der Waals surface area contributed by atoms with Crippen LogP contribution in [0.4, 0.5) is 10.3 Å². The summed E-state index contributed by atoms with van der Waals surface area (Å²) in [5, 5.41) is 9.48. The first-order chi connectivity index (χ1) is 15.6. The molecule has 0 aliphatic carbocycles. The van der Waals surface area contributed by atoms with Gasteiger partial charge in [0.2, 0.25) is 17.5 Å². The molecule has 0 N–H and O–H groups in total. The van der Waals surface area contributed by atoms with Gasteiger partial charge in [0.05, 0.1) is 7.11 Å². The summed E-state index contributed by atoms with van der Waals surface area (Å²) < 4.78 is 24.0. The third kappa shape index (κ3) is 4.62. The standard InChI is InChI=1S/C24H21FN4O3/c1-31-20-4-2-3-18(15-20)23(30)28-11-13-29(14-12-28)24-21(16-26)27-22(32-24)10-7-17-5-8-19(25)9-6-17/h2-10,15H,11-14H2,1H3/b10-7+. The largest absolute Gasteiger partial charge is 0.497 e. The van der Waals surface area contributed by atoms with Gasteiger partial charge in [0.15, 0.2) is 0 Å². The number of carbonyl (C=O) groups is 1. The van der Waals surface area contributed by atoms with Crippen molar-refractivity contribution in [3.8, 4) is 11.8 Å². The minimum absolute atomic E-state index is 0.0652. The van der Waals surface area contributed by atoms with Crippen LogP contribution in [0, 0.1) is 17.1 Å². The number of aromatic nitrogens is 1. The van der Waals surface area contributed by atoms with E-state index in [1.165, 1.54) is 12.1 Å². The average molecular weight is 432 g/mol. The average Bonchev–Trinajstić information content (AvgIpc) is 3.27. The lowest BCUT2D eigenvalue weighted by atomic mass is 10.1. The molecule has 1 aliphatic heterocycles. The van der Waals surface area contributed by atoms with Crippen LogP contribution in [-0.4, -0.2) is 49.1 Å². The van der Waals surface area contributed by atoms with E-state index in [1.54, 1.807) is 60.6 Å². The van der Waals surface area contributed by atoms with Gasteiger partial charge in [0, 0.05) is 37.8 Å². The Kier molecular flexibility index (Phi) is 6.17. The number of benzene rings is 2. The zero-order valence-corrected chi connectivity index (χ0v) is 17.5. The molecule has 2 aromatic carbocycles. The molecule has 0 bridgehead atoms. The Hall–Kier alpha value is -4.12. The first-order valence-electron chi connectivity index (χ1n) is 10.1. The normalized spacial score (nSPS) is 13.9. The van der Waals surface area contributed by atoms with Crippen LogP contribution in [-0.2, 0) is 0 Å². The fraction of sp³-hybridized carbons (Fsp3) is 0.208. The van der Waals surface area contributed by atoms with Gasteiger partial charge in [-0.1, -0.05) is 18.2 Å². The van der Waals surface area contributed by atoms with Crippen LogP contribution in [0.2, 0.25) is 0 Å². The summed E-state index contributed by atoms with van der Waals surface area (Å²) >= 11 is 0. The molecule has 1 amide bonds. The highest BCUT2D eigenvalue weighted by molar-refractivity contribution is 5.94. The number of oxazole rings is 1.